The van der Waals surface area contributed by atoms with Gasteiger partial charge in [0.05, 0.1) is 19.1 Å². The van der Waals surface area contributed by atoms with Crippen molar-refractivity contribution < 1.29 is 19.1 Å². The van der Waals surface area contributed by atoms with Gasteiger partial charge in [0.2, 0.25) is 5.91 Å². The molecule has 20 heavy (non-hydrogen) atoms. The maximum Gasteiger partial charge on any atom is 0.324 e. The zero-order chi connectivity index (χ0) is 14.5. The van der Waals surface area contributed by atoms with Crippen LogP contribution in [0.2, 0.25) is 0 Å². The Morgan fingerprint density at radius 3 is 2.85 bits per heavy atom. The van der Waals surface area contributed by atoms with Crippen LogP contribution in [-0.4, -0.2) is 67.0 Å². The van der Waals surface area contributed by atoms with Gasteiger partial charge in [-0.2, -0.15) is 0 Å². The van der Waals surface area contributed by atoms with E-state index in [4.69, 9.17) is 4.74 Å². The van der Waals surface area contributed by atoms with Gasteiger partial charge >= 0.3 is 12.0 Å². The van der Waals surface area contributed by atoms with E-state index in [1.54, 1.807) is 6.92 Å². The molecule has 7 heteroatoms. The van der Waals surface area contributed by atoms with Crippen molar-refractivity contribution in [3.05, 3.63) is 0 Å². The molecule has 0 radical (unpaired) electrons. The Labute approximate surface area is 118 Å². The van der Waals surface area contributed by atoms with Crippen molar-refractivity contribution in [1.82, 2.24) is 15.1 Å². The summed E-state index contributed by atoms with van der Waals surface area (Å²) in [5.74, 6) is -0.423. The third-order valence-corrected chi connectivity index (χ3v) is 3.70. The van der Waals surface area contributed by atoms with E-state index in [1.807, 2.05) is 0 Å². The van der Waals surface area contributed by atoms with E-state index in [0.29, 0.717) is 26.2 Å². The highest BCUT2D eigenvalue weighted by Gasteiger charge is 2.30. The van der Waals surface area contributed by atoms with Crippen LogP contribution in [0.25, 0.3) is 0 Å². The average Bonchev–Trinajstić information content (AvgIpc) is 2.76. The van der Waals surface area contributed by atoms with E-state index in [1.165, 1.54) is 4.90 Å². The molecule has 1 N–H and O–H groups in total. The molecule has 3 amide bonds. The fraction of sp³-hybridized carbons (Fsp3) is 0.769. The maximum atomic E-state index is 11.7. The van der Waals surface area contributed by atoms with Crippen LogP contribution in [-0.2, 0) is 14.3 Å². The molecule has 0 aliphatic carbocycles. The molecule has 2 fully saturated rings. The lowest BCUT2D eigenvalue weighted by atomic mass is 9.98. The Morgan fingerprint density at radius 2 is 2.20 bits per heavy atom. The van der Waals surface area contributed by atoms with Crippen molar-refractivity contribution in [2.75, 3.05) is 39.3 Å². The molecule has 2 saturated heterocycles. The van der Waals surface area contributed by atoms with Crippen LogP contribution >= 0.6 is 0 Å². The van der Waals surface area contributed by atoms with Gasteiger partial charge in [0.25, 0.3) is 0 Å². The lowest BCUT2D eigenvalue weighted by Crippen LogP contribution is -2.44. The number of piperidine rings is 1. The lowest BCUT2D eigenvalue weighted by molar-refractivity contribution is -0.150. The summed E-state index contributed by atoms with van der Waals surface area (Å²) in [4.78, 5) is 38.0. The standard InChI is InChI=1S/C13H21N3O4/c1-2-20-12(18)10-4-3-5-15(9-10)6-7-16-11(17)8-14-13(16)19/h10H,2-9H2,1H3,(H,14,19)/t10-/m1/s1. The molecule has 1 atom stereocenters. The molecule has 112 valence electrons. The fourth-order valence-corrected chi connectivity index (χ4v) is 2.63. The first-order valence-corrected chi connectivity index (χ1v) is 7.09. The first kappa shape index (κ1) is 14.8. The van der Waals surface area contributed by atoms with Crippen molar-refractivity contribution in [1.29, 1.82) is 0 Å². The number of esters is 1. The van der Waals surface area contributed by atoms with E-state index >= 15 is 0 Å². The molecule has 2 rings (SSSR count). The van der Waals surface area contributed by atoms with Crippen molar-refractivity contribution in [3.8, 4) is 0 Å². The summed E-state index contributed by atoms with van der Waals surface area (Å²) >= 11 is 0. The molecular formula is C13H21N3O4. The van der Waals surface area contributed by atoms with E-state index in [0.717, 1.165) is 19.4 Å². The molecule has 0 bridgehead atoms. The lowest BCUT2D eigenvalue weighted by Gasteiger charge is -2.32. The number of hydrogen-bond acceptors (Lipinski definition) is 5. The molecule has 0 spiro atoms. The number of nitrogens with one attached hydrogen (secondary N) is 1. The zero-order valence-electron chi connectivity index (χ0n) is 11.8. The van der Waals surface area contributed by atoms with E-state index in [9.17, 15) is 14.4 Å². The Balaban J connectivity index is 1.79. The molecule has 2 heterocycles. The number of carbonyl (C=O) groups is 3. The molecule has 2 aliphatic rings. The van der Waals surface area contributed by atoms with Crippen molar-refractivity contribution in [2.45, 2.75) is 19.8 Å². The van der Waals surface area contributed by atoms with Gasteiger partial charge in [0.15, 0.2) is 0 Å². The molecule has 0 saturated carbocycles. The first-order valence-electron chi connectivity index (χ1n) is 7.09. The minimum absolute atomic E-state index is 0.0876. The molecule has 7 nitrogen and oxygen atoms in total. The number of nitrogens with zero attached hydrogens (tertiary/aromatic N) is 2. The number of ether oxygens (including phenoxy) is 1. The number of rotatable bonds is 5. The minimum atomic E-state index is -0.325. The SMILES string of the molecule is CCOC(=O)[C@@H]1CCCN(CCN2C(=O)CNC2=O)C1. The van der Waals surface area contributed by atoms with E-state index in [-0.39, 0.29) is 30.4 Å². The zero-order valence-corrected chi connectivity index (χ0v) is 11.8. The minimum Gasteiger partial charge on any atom is -0.466 e. The summed E-state index contributed by atoms with van der Waals surface area (Å²) in [6, 6.07) is -0.325. The third-order valence-electron chi connectivity index (χ3n) is 3.70. The normalized spacial score (nSPS) is 23.9. The van der Waals surface area contributed by atoms with Crippen LogP contribution in [0.1, 0.15) is 19.8 Å². The highest BCUT2D eigenvalue weighted by molar-refractivity contribution is 6.01. The number of carbonyl (C=O) groups excluding carboxylic acids is 3. The number of urea groups is 1. The predicted octanol–water partition coefficient (Wildman–Crippen LogP) is -0.187. The summed E-state index contributed by atoms with van der Waals surface area (Å²) in [5, 5.41) is 2.50. The second-order valence-corrected chi connectivity index (χ2v) is 5.10. The van der Waals surface area contributed by atoms with Gasteiger partial charge in [0, 0.05) is 19.6 Å². The van der Waals surface area contributed by atoms with Crippen molar-refractivity contribution in [2.24, 2.45) is 5.92 Å². The van der Waals surface area contributed by atoms with Crippen LogP contribution in [0, 0.1) is 5.92 Å². The quantitative estimate of drug-likeness (QED) is 0.559. The van der Waals surface area contributed by atoms with Crippen molar-refractivity contribution >= 4 is 17.9 Å². The number of imide groups is 1. The van der Waals surface area contributed by atoms with Crippen LogP contribution in [0.5, 0.6) is 0 Å². The van der Waals surface area contributed by atoms with Crippen LogP contribution < -0.4 is 5.32 Å². The second kappa shape index (κ2) is 6.69. The van der Waals surface area contributed by atoms with Crippen LogP contribution in [0.3, 0.4) is 0 Å². The second-order valence-electron chi connectivity index (χ2n) is 5.10. The molecule has 2 aliphatic heterocycles. The maximum absolute atomic E-state index is 11.7. The Hall–Kier alpha value is -1.63. The van der Waals surface area contributed by atoms with E-state index < -0.39 is 0 Å². The number of amides is 3. The Morgan fingerprint density at radius 1 is 1.40 bits per heavy atom. The van der Waals surface area contributed by atoms with E-state index in [2.05, 4.69) is 10.2 Å². The van der Waals surface area contributed by atoms with Gasteiger partial charge in [-0.25, -0.2) is 4.79 Å². The Kier molecular flexibility index (Phi) is 4.94. The van der Waals surface area contributed by atoms with Gasteiger partial charge in [-0.3, -0.25) is 14.5 Å². The third kappa shape index (κ3) is 3.47. The number of likely N-dealkylation sites (tertiary alicyclic amines) is 1. The molecular weight excluding hydrogens is 262 g/mol. The molecule has 0 unspecified atom stereocenters. The summed E-state index contributed by atoms with van der Waals surface area (Å²) in [7, 11) is 0. The van der Waals surface area contributed by atoms with Gasteiger partial charge < -0.3 is 15.0 Å². The van der Waals surface area contributed by atoms with Crippen molar-refractivity contribution in [3.63, 3.8) is 0 Å². The predicted molar refractivity (Wildman–Crippen MR) is 70.9 cm³/mol. The van der Waals surface area contributed by atoms with Gasteiger partial charge in [-0.05, 0) is 26.3 Å². The first-order chi connectivity index (χ1) is 9.61. The Bertz CT molecular complexity index is 383. The van der Waals surface area contributed by atoms with Gasteiger partial charge in [0.1, 0.15) is 0 Å². The highest BCUT2D eigenvalue weighted by atomic mass is 16.5. The van der Waals surface area contributed by atoms with Gasteiger partial charge in [-0.15, -0.1) is 0 Å². The summed E-state index contributed by atoms with van der Waals surface area (Å²) < 4.78 is 5.05. The molecule has 0 aromatic carbocycles. The smallest absolute Gasteiger partial charge is 0.324 e. The topological polar surface area (TPSA) is 79.0 Å². The number of hydrogen-bond donors (Lipinski definition) is 1. The fourth-order valence-electron chi connectivity index (χ4n) is 2.63. The molecule has 0 aromatic heterocycles. The van der Waals surface area contributed by atoms with Crippen LogP contribution in [0.4, 0.5) is 4.79 Å². The summed E-state index contributed by atoms with van der Waals surface area (Å²) in [6.45, 7) is 4.80. The summed E-state index contributed by atoms with van der Waals surface area (Å²) in [5.41, 5.74) is 0. The molecule has 0 aromatic rings. The summed E-state index contributed by atoms with van der Waals surface area (Å²) in [6.07, 6.45) is 1.78. The highest BCUT2D eigenvalue weighted by Crippen LogP contribution is 2.17. The monoisotopic (exact) mass is 283 g/mol. The van der Waals surface area contributed by atoms with Crippen LogP contribution in [0.15, 0.2) is 0 Å². The van der Waals surface area contributed by atoms with Gasteiger partial charge in [-0.1, -0.05) is 0 Å². The average molecular weight is 283 g/mol. The largest absolute Gasteiger partial charge is 0.466 e.